The number of hydrogen-bond donors (Lipinski definition) is 0. The zero-order chi connectivity index (χ0) is 10.8. The Labute approximate surface area is 94.0 Å². The molecule has 3 heteroatoms. The number of hydrogen-bond acceptors (Lipinski definition) is 1. The maximum Gasteiger partial charge on any atom is 0.157 e. The molecule has 0 heterocycles. The lowest BCUT2D eigenvalue weighted by Gasteiger charge is -2.14. The van der Waals surface area contributed by atoms with E-state index in [1.807, 2.05) is 18.2 Å². The SMILES string of the molecule is CC(C)(Cl)C(=O)Cc1ccccc1Cl. The van der Waals surface area contributed by atoms with Gasteiger partial charge in [-0.3, -0.25) is 4.79 Å². The van der Waals surface area contributed by atoms with E-state index in [4.69, 9.17) is 23.2 Å². The van der Waals surface area contributed by atoms with E-state index in [0.29, 0.717) is 5.02 Å². The molecule has 0 unspecified atom stereocenters. The Balaban J connectivity index is 2.80. The van der Waals surface area contributed by atoms with Gasteiger partial charge in [-0.05, 0) is 25.5 Å². The molecule has 0 radical (unpaired) electrons. The van der Waals surface area contributed by atoms with Crippen LogP contribution in [0.4, 0.5) is 0 Å². The summed E-state index contributed by atoms with van der Waals surface area (Å²) >= 11 is 11.8. The molecule has 0 aliphatic heterocycles. The summed E-state index contributed by atoms with van der Waals surface area (Å²) in [6, 6.07) is 7.30. The monoisotopic (exact) mass is 230 g/mol. The van der Waals surface area contributed by atoms with E-state index in [2.05, 4.69) is 0 Å². The fourth-order valence-electron chi connectivity index (χ4n) is 1.02. The Kier molecular flexibility index (Phi) is 3.57. The van der Waals surface area contributed by atoms with Gasteiger partial charge in [0.1, 0.15) is 0 Å². The van der Waals surface area contributed by atoms with Crippen LogP contribution in [-0.2, 0) is 11.2 Å². The van der Waals surface area contributed by atoms with Gasteiger partial charge in [-0.25, -0.2) is 0 Å². The van der Waals surface area contributed by atoms with Crippen molar-refractivity contribution in [2.45, 2.75) is 25.1 Å². The molecule has 1 rings (SSSR count). The summed E-state index contributed by atoms with van der Waals surface area (Å²) in [5.41, 5.74) is 0.827. The minimum atomic E-state index is -0.820. The Morgan fingerprint density at radius 2 is 1.93 bits per heavy atom. The molecule has 0 saturated carbocycles. The van der Waals surface area contributed by atoms with Crippen LogP contribution >= 0.6 is 23.2 Å². The van der Waals surface area contributed by atoms with Crippen molar-refractivity contribution in [2.75, 3.05) is 0 Å². The highest BCUT2D eigenvalue weighted by atomic mass is 35.5. The van der Waals surface area contributed by atoms with Gasteiger partial charge >= 0.3 is 0 Å². The average Bonchev–Trinajstić information content (AvgIpc) is 2.07. The topological polar surface area (TPSA) is 17.1 Å². The first-order valence-electron chi connectivity index (χ1n) is 4.37. The zero-order valence-corrected chi connectivity index (χ0v) is 9.69. The summed E-state index contributed by atoms with van der Waals surface area (Å²) in [7, 11) is 0. The second kappa shape index (κ2) is 4.33. The van der Waals surface area contributed by atoms with Crippen molar-refractivity contribution in [3.63, 3.8) is 0 Å². The van der Waals surface area contributed by atoms with Crippen molar-refractivity contribution >= 4 is 29.0 Å². The Hall–Kier alpha value is -0.530. The molecule has 0 aliphatic rings. The summed E-state index contributed by atoms with van der Waals surface area (Å²) in [5, 5.41) is 0.613. The van der Waals surface area contributed by atoms with Crippen molar-refractivity contribution in [3.05, 3.63) is 34.9 Å². The molecule has 0 saturated heterocycles. The van der Waals surface area contributed by atoms with E-state index in [0.717, 1.165) is 5.56 Å². The van der Waals surface area contributed by atoms with Gasteiger partial charge in [-0.2, -0.15) is 0 Å². The largest absolute Gasteiger partial charge is 0.297 e. The summed E-state index contributed by atoms with van der Waals surface area (Å²) < 4.78 is 0. The number of alkyl halides is 1. The van der Waals surface area contributed by atoms with Gasteiger partial charge in [-0.15, -0.1) is 11.6 Å². The van der Waals surface area contributed by atoms with Crippen LogP contribution in [-0.4, -0.2) is 10.7 Å². The molecular formula is C11H12Cl2O. The number of Topliss-reactive ketones (excluding diaryl/α,β-unsaturated/α-hetero) is 1. The predicted octanol–water partition coefficient (Wildman–Crippen LogP) is 3.47. The van der Waals surface area contributed by atoms with E-state index in [1.54, 1.807) is 19.9 Å². The molecule has 1 aromatic rings. The lowest BCUT2D eigenvalue weighted by molar-refractivity contribution is -0.120. The third-order valence-corrected chi connectivity index (χ3v) is 2.55. The quantitative estimate of drug-likeness (QED) is 0.728. The first kappa shape index (κ1) is 11.5. The first-order chi connectivity index (χ1) is 6.41. The zero-order valence-electron chi connectivity index (χ0n) is 8.18. The minimum absolute atomic E-state index is 0.0210. The van der Waals surface area contributed by atoms with E-state index in [1.165, 1.54) is 0 Å². The lowest BCUT2D eigenvalue weighted by atomic mass is 10.0. The fraction of sp³-hybridized carbons (Fsp3) is 0.364. The van der Waals surface area contributed by atoms with E-state index in [9.17, 15) is 4.79 Å². The maximum atomic E-state index is 11.6. The fourth-order valence-corrected chi connectivity index (χ4v) is 1.29. The number of carbonyl (C=O) groups excluding carboxylic acids is 1. The molecule has 0 aliphatic carbocycles. The van der Waals surface area contributed by atoms with E-state index in [-0.39, 0.29) is 12.2 Å². The van der Waals surface area contributed by atoms with Crippen LogP contribution in [0.5, 0.6) is 0 Å². The molecule has 1 aromatic carbocycles. The predicted molar refractivity (Wildman–Crippen MR) is 60.1 cm³/mol. The van der Waals surface area contributed by atoms with Crippen LogP contribution in [0.15, 0.2) is 24.3 Å². The molecule has 14 heavy (non-hydrogen) atoms. The van der Waals surface area contributed by atoms with Crippen molar-refractivity contribution in [1.82, 2.24) is 0 Å². The number of ketones is 1. The second-order valence-electron chi connectivity index (χ2n) is 3.66. The van der Waals surface area contributed by atoms with Crippen LogP contribution in [0.2, 0.25) is 5.02 Å². The molecule has 0 bridgehead atoms. The van der Waals surface area contributed by atoms with Gasteiger partial charge in [0.2, 0.25) is 0 Å². The Morgan fingerprint density at radius 3 is 2.43 bits per heavy atom. The molecular weight excluding hydrogens is 219 g/mol. The Morgan fingerprint density at radius 1 is 1.36 bits per heavy atom. The second-order valence-corrected chi connectivity index (χ2v) is 5.02. The Bertz CT molecular complexity index is 339. The van der Waals surface area contributed by atoms with Crippen molar-refractivity contribution in [2.24, 2.45) is 0 Å². The minimum Gasteiger partial charge on any atom is -0.297 e. The summed E-state index contributed by atoms with van der Waals surface area (Å²) in [4.78, 5) is 10.8. The van der Waals surface area contributed by atoms with Crippen molar-refractivity contribution in [3.8, 4) is 0 Å². The summed E-state index contributed by atoms with van der Waals surface area (Å²) in [6.07, 6.45) is 0.288. The third kappa shape index (κ3) is 3.00. The normalized spacial score (nSPS) is 11.4. The number of carbonyl (C=O) groups is 1. The third-order valence-electron chi connectivity index (χ3n) is 1.97. The standard InChI is InChI=1S/C11H12Cl2O/c1-11(2,13)10(14)7-8-5-3-4-6-9(8)12/h3-6H,7H2,1-2H3. The molecule has 0 spiro atoms. The van der Waals surface area contributed by atoms with E-state index < -0.39 is 4.87 Å². The van der Waals surface area contributed by atoms with Crippen LogP contribution in [0.1, 0.15) is 19.4 Å². The van der Waals surface area contributed by atoms with Gasteiger partial charge < -0.3 is 0 Å². The number of benzene rings is 1. The highest BCUT2D eigenvalue weighted by molar-refractivity contribution is 6.35. The van der Waals surface area contributed by atoms with Crippen LogP contribution in [0, 0.1) is 0 Å². The molecule has 0 amide bonds. The van der Waals surface area contributed by atoms with Crippen molar-refractivity contribution < 1.29 is 4.79 Å². The number of halogens is 2. The molecule has 0 N–H and O–H groups in total. The summed E-state index contributed by atoms with van der Waals surface area (Å²) in [5.74, 6) is -0.0210. The van der Waals surface area contributed by atoms with Gasteiger partial charge in [-0.1, -0.05) is 29.8 Å². The maximum absolute atomic E-state index is 11.6. The smallest absolute Gasteiger partial charge is 0.157 e. The molecule has 0 aromatic heterocycles. The van der Waals surface area contributed by atoms with Crippen LogP contribution in [0.25, 0.3) is 0 Å². The number of rotatable bonds is 3. The molecule has 0 atom stereocenters. The first-order valence-corrected chi connectivity index (χ1v) is 5.12. The average molecular weight is 231 g/mol. The van der Waals surface area contributed by atoms with Gasteiger partial charge in [0.25, 0.3) is 0 Å². The highest BCUT2D eigenvalue weighted by Gasteiger charge is 2.24. The van der Waals surface area contributed by atoms with Gasteiger partial charge in [0, 0.05) is 11.4 Å². The van der Waals surface area contributed by atoms with Crippen LogP contribution in [0.3, 0.4) is 0 Å². The van der Waals surface area contributed by atoms with Gasteiger partial charge in [0.05, 0.1) is 4.87 Å². The summed E-state index contributed by atoms with van der Waals surface area (Å²) in [6.45, 7) is 3.38. The molecule has 76 valence electrons. The lowest BCUT2D eigenvalue weighted by Crippen LogP contribution is -2.26. The molecule has 1 nitrogen and oxygen atoms in total. The highest BCUT2D eigenvalue weighted by Crippen LogP contribution is 2.21. The van der Waals surface area contributed by atoms with Crippen molar-refractivity contribution in [1.29, 1.82) is 0 Å². The van der Waals surface area contributed by atoms with Crippen LogP contribution < -0.4 is 0 Å². The molecule has 0 fully saturated rings. The van der Waals surface area contributed by atoms with E-state index >= 15 is 0 Å². The van der Waals surface area contributed by atoms with Gasteiger partial charge in [0.15, 0.2) is 5.78 Å².